The summed E-state index contributed by atoms with van der Waals surface area (Å²) in [5.41, 5.74) is 0.854. The quantitative estimate of drug-likeness (QED) is 0.635. The highest BCUT2D eigenvalue weighted by atomic mass is 16.5. The van der Waals surface area contributed by atoms with Gasteiger partial charge in [0.2, 0.25) is 5.89 Å². The molecule has 1 aliphatic carbocycles. The van der Waals surface area contributed by atoms with E-state index in [0.29, 0.717) is 23.8 Å². The van der Waals surface area contributed by atoms with Gasteiger partial charge in [0, 0.05) is 32.3 Å². The first-order valence-electron chi connectivity index (χ1n) is 9.49. The van der Waals surface area contributed by atoms with Gasteiger partial charge in [0.05, 0.1) is 5.39 Å². The minimum atomic E-state index is -0.167. The molecule has 10 heteroatoms. The molecule has 3 N–H and O–H groups in total. The van der Waals surface area contributed by atoms with Crippen LogP contribution in [0.25, 0.3) is 11.0 Å². The Morgan fingerprint density at radius 2 is 2.00 bits per heavy atom. The summed E-state index contributed by atoms with van der Waals surface area (Å²) in [7, 11) is 0. The maximum absolute atomic E-state index is 12.4. The van der Waals surface area contributed by atoms with Crippen LogP contribution in [0.2, 0.25) is 0 Å². The van der Waals surface area contributed by atoms with E-state index in [1.165, 1.54) is 0 Å². The van der Waals surface area contributed by atoms with Crippen molar-refractivity contribution in [3.05, 3.63) is 24.0 Å². The zero-order valence-corrected chi connectivity index (χ0v) is 15.8. The van der Waals surface area contributed by atoms with Crippen molar-refractivity contribution in [1.29, 1.82) is 0 Å². The number of aryl methyl sites for hydroxylation is 2. The van der Waals surface area contributed by atoms with Crippen molar-refractivity contribution >= 4 is 28.8 Å². The Balaban J connectivity index is 1.21. The van der Waals surface area contributed by atoms with Crippen molar-refractivity contribution < 1.29 is 9.32 Å². The number of rotatable bonds is 3. The lowest BCUT2D eigenvalue weighted by atomic mass is 10.0. The summed E-state index contributed by atoms with van der Waals surface area (Å²) < 4.78 is 4.89. The molecule has 3 aromatic rings. The minimum Gasteiger partial charge on any atom is -0.367 e. The Labute approximate surface area is 161 Å². The van der Waals surface area contributed by atoms with E-state index in [2.05, 4.69) is 35.7 Å². The van der Waals surface area contributed by atoms with Gasteiger partial charge < -0.3 is 19.7 Å². The predicted octanol–water partition coefficient (Wildman–Crippen LogP) is 2.31. The van der Waals surface area contributed by atoms with Gasteiger partial charge in [0.15, 0.2) is 0 Å². The van der Waals surface area contributed by atoms with Gasteiger partial charge in [-0.2, -0.15) is 4.98 Å². The van der Waals surface area contributed by atoms with Crippen molar-refractivity contribution in [1.82, 2.24) is 30.0 Å². The Morgan fingerprint density at radius 3 is 2.71 bits per heavy atom. The predicted molar refractivity (Wildman–Crippen MR) is 102 cm³/mol. The van der Waals surface area contributed by atoms with E-state index in [9.17, 15) is 4.79 Å². The first-order valence-corrected chi connectivity index (χ1v) is 9.49. The number of urea groups is 1. The van der Waals surface area contributed by atoms with Gasteiger partial charge in [-0.3, -0.25) is 5.32 Å². The molecule has 5 rings (SSSR count). The summed E-state index contributed by atoms with van der Waals surface area (Å²) in [6.07, 6.45) is 3.92. The molecule has 1 saturated heterocycles. The third kappa shape index (κ3) is 3.04. The number of anilines is 2. The average molecular weight is 382 g/mol. The Hall–Kier alpha value is -3.17. The lowest BCUT2D eigenvalue weighted by Gasteiger charge is -2.20. The molecule has 2 fully saturated rings. The first kappa shape index (κ1) is 17.0. The summed E-state index contributed by atoms with van der Waals surface area (Å²) >= 11 is 0. The summed E-state index contributed by atoms with van der Waals surface area (Å²) in [5, 5.41) is 11.0. The molecule has 0 spiro atoms. The molecule has 2 amide bonds. The van der Waals surface area contributed by atoms with E-state index in [-0.39, 0.29) is 12.0 Å². The Bertz CT molecular complexity index is 1010. The molecule has 146 valence electrons. The van der Waals surface area contributed by atoms with Gasteiger partial charge in [0.25, 0.3) is 5.95 Å². The molecule has 0 aromatic carbocycles. The van der Waals surface area contributed by atoms with Crippen LogP contribution in [0.15, 0.2) is 16.8 Å². The van der Waals surface area contributed by atoms with Crippen LogP contribution < -0.4 is 10.6 Å². The molecular weight excluding hydrogens is 360 g/mol. The largest absolute Gasteiger partial charge is 0.367 e. The van der Waals surface area contributed by atoms with Crippen LogP contribution in [0, 0.1) is 25.7 Å². The second-order valence-electron chi connectivity index (χ2n) is 7.66. The number of hydrogen-bond donors (Lipinski definition) is 3. The highest BCUT2D eigenvalue weighted by Gasteiger charge is 2.42. The minimum absolute atomic E-state index is 0.167. The van der Waals surface area contributed by atoms with E-state index in [4.69, 9.17) is 4.52 Å². The van der Waals surface area contributed by atoms with Crippen LogP contribution in [0.5, 0.6) is 0 Å². The number of nitrogens with zero attached hydrogens (tertiary/aromatic N) is 5. The lowest BCUT2D eigenvalue weighted by molar-refractivity contribution is 0.218. The van der Waals surface area contributed by atoms with Crippen molar-refractivity contribution in [2.24, 2.45) is 11.8 Å². The molecule has 0 bridgehead atoms. The molecule has 3 aromatic heterocycles. The molecule has 0 unspecified atom stereocenters. The first-order chi connectivity index (χ1) is 13.5. The highest BCUT2D eigenvalue weighted by molar-refractivity contribution is 5.88. The number of carbonyl (C=O) groups is 1. The number of fused-ring (bicyclic) bond motifs is 2. The standard InChI is InChI=1S/C18H22N8O2/c1-9-20-15-14(3-4-19-15)16(21-9)23-13-5-11-7-26(8-12(11)6-13)18(27)24-17-22-10(2)28-25-17/h3-4,11-13H,5-8H2,1-2H3,(H,24,25,27)(H2,19,20,21,23)/t11-,12+,13-. The Kier molecular flexibility index (Phi) is 3.92. The van der Waals surface area contributed by atoms with Crippen LogP contribution >= 0.6 is 0 Å². The third-order valence-electron chi connectivity index (χ3n) is 5.65. The van der Waals surface area contributed by atoms with Crippen LogP contribution in [0.1, 0.15) is 24.6 Å². The van der Waals surface area contributed by atoms with Gasteiger partial charge >= 0.3 is 6.03 Å². The zero-order valence-electron chi connectivity index (χ0n) is 15.8. The van der Waals surface area contributed by atoms with Crippen LogP contribution in [-0.2, 0) is 0 Å². The van der Waals surface area contributed by atoms with E-state index >= 15 is 0 Å². The fourth-order valence-electron chi connectivity index (χ4n) is 4.46. The molecule has 2 aliphatic rings. The molecule has 28 heavy (non-hydrogen) atoms. The maximum Gasteiger partial charge on any atom is 0.324 e. The number of H-pyrrole nitrogens is 1. The zero-order chi connectivity index (χ0) is 19.3. The molecule has 1 saturated carbocycles. The number of likely N-dealkylation sites (tertiary alicyclic amines) is 1. The molecule has 4 heterocycles. The normalized spacial score (nSPS) is 23.9. The fraction of sp³-hybridized carbons (Fsp3) is 0.500. The molecule has 10 nitrogen and oxygen atoms in total. The molecule has 3 atom stereocenters. The van der Waals surface area contributed by atoms with E-state index in [0.717, 1.165) is 48.6 Å². The van der Waals surface area contributed by atoms with Gasteiger partial charge in [-0.15, -0.1) is 0 Å². The Morgan fingerprint density at radius 1 is 1.21 bits per heavy atom. The number of amides is 2. The second kappa shape index (κ2) is 6.47. The number of hydrogen-bond acceptors (Lipinski definition) is 7. The summed E-state index contributed by atoms with van der Waals surface area (Å²) in [6, 6.07) is 2.19. The van der Waals surface area contributed by atoms with Gasteiger partial charge in [-0.25, -0.2) is 14.8 Å². The molecule has 0 radical (unpaired) electrons. The number of aromatic amines is 1. The summed E-state index contributed by atoms with van der Waals surface area (Å²) in [5.74, 6) is 3.25. The third-order valence-corrected chi connectivity index (χ3v) is 5.65. The van der Waals surface area contributed by atoms with Crippen molar-refractivity contribution in [2.45, 2.75) is 32.7 Å². The molecular formula is C18H22N8O2. The summed E-state index contributed by atoms with van der Waals surface area (Å²) in [6.45, 7) is 5.08. The highest BCUT2D eigenvalue weighted by Crippen LogP contribution is 2.39. The monoisotopic (exact) mass is 382 g/mol. The lowest BCUT2D eigenvalue weighted by Crippen LogP contribution is -2.35. The van der Waals surface area contributed by atoms with Crippen molar-refractivity contribution in [3.63, 3.8) is 0 Å². The number of nitrogens with one attached hydrogen (secondary N) is 3. The van der Waals surface area contributed by atoms with E-state index in [1.54, 1.807) is 6.92 Å². The topological polar surface area (TPSA) is 125 Å². The van der Waals surface area contributed by atoms with Crippen molar-refractivity contribution in [3.8, 4) is 0 Å². The number of aromatic nitrogens is 5. The maximum atomic E-state index is 12.4. The van der Waals surface area contributed by atoms with E-state index in [1.807, 2.05) is 24.1 Å². The van der Waals surface area contributed by atoms with E-state index < -0.39 is 0 Å². The van der Waals surface area contributed by atoms with Crippen LogP contribution in [0.4, 0.5) is 16.6 Å². The van der Waals surface area contributed by atoms with Crippen LogP contribution in [-0.4, -0.2) is 55.2 Å². The molecule has 1 aliphatic heterocycles. The van der Waals surface area contributed by atoms with Gasteiger partial charge in [-0.05, 0) is 42.8 Å². The number of carbonyl (C=O) groups excluding carboxylic acids is 1. The van der Waals surface area contributed by atoms with Crippen LogP contribution in [0.3, 0.4) is 0 Å². The SMILES string of the molecule is Cc1nc(N[C@@H]2C[C@@H]3CN(C(=O)Nc4noc(C)n4)C[C@@H]3C2)c2cc[nH]c2n1. The smallest absolute Gasteiger partial charge is 0.324 e. The fourth-order valence-corrected chi connectivity index (χ4v) is 4.46. The van der Waals surface area contributed by atoms with Gasteiger partial charge in [-0.1, -0.05) is 0 Å². The second-order valence-corrected chi connectivity index (χ2v) is 7.66. The summed E-state index contributed by atoms with van der Waals surface area (Å²) in [4.78, 5) is 30.5. The van der Waals surface area contributed by atoms with Gasteiger partial charge in [0.1, 0.15) is 17.3 Å². The van der Waals surface area contributed by atoms with Crippen molar-refractivity contribution in [2.75, 3.05) is 23.7 Å². The average Bonchev–Trinajstić information content (AvgIpc) is 3.38.